The summed E-state index contributed by atoms with van der Waals surface area (Å²) in [4.78, 5) is 28.9. The second-order valence-corrected chi connectivity index (χ2v) is 6.96. The summed E-state index contributed by atoms with van der Waals surface area (Å²) >= 11 is 0. The normalized spacial score (nSPS) is 13.2. The summed E-state index contributed by atoms with van der Waals surface area (Å²) in [5, 5.41) is 9.63. The average Bonchev–Trinajstić information content (AvgIpc) is 3.40. The first-order chi connectivity index (χ1) is 13.5. The highest BCUT2D eigenvalue weighted by Crippen LogP contribution is 2.25. The topological polar surface area (TPSA) is 97.1 Å². The first-order valence-corrected chi connectivity index (χ1v) is 9.13. The Morgan fingerprint density at radius 1 is 1.00 bits per heavy atom. The van der Waals surface area contributed by atoms with Gasteiger partial charge in [-0.2, -0.15) is 4.98 Å². The maximum atomic E-state index is 12.6. The first kappa shape index (κ1) is 17.9. The summed E-state index contributed by atoms with van der Waals surface area (Å²) in [6.07, 6.45) is 2.07. The molecule has 1 saturated carbocycles. The molecule has 0 aliphatic heterocycles. The van der Waals surface area contributed by atoms with E-state index in [4.69, 9.17) is 4.52 Å². The van der Waals surface area contributed by atoms with Crippen LogP contribution < -0.4 is 10.6 Å². The van der Waals surface area contributed by atoms with Gasteiger partial charge in [-0.05, 0) is 68.7 Å². The lowest BCUT2D eigenvalue weighted by molar-refractivity contribution is 0.0949. The van der Waals surface area contributed by atoms with Crippen LogP contribution in [0.3, 0.4) is 0 Å². The second kappa shape index (κ2) is 7.26. The molecule has 7 nitrogen and oxygen atoms in total. The van der Waals surface area contributed by atoms with Crippen LogP contribution in [0.1, 0.15) is 44.9 Å². The highest BCUT2D eigenvalue weighted by atomic mass is 16.5. The van der Waals surface area contributed by atoms with Crippen molar-refractivity contribution in [1.29, 1.82) is 0 Å². The highest BCUT2D eigenvalue weighted by molar-refractivity contribution is 6.05. The summed E-state index contributed by atoms with van der Waals surface area (Å²) in [5.41, 5.74) is 3.33. The Kier molecular flexibility index (Phi) is 4.65. The fourth-order valence-electron chi connectivity index (χ4n) is 2.77. The van der Waals surface area contributed by atoms with E-state index in [1.54, 1.807) is 37.3 Å². The van der Waals surface area contributed by atoms with Gasteiger partial charge in [-0.15, -0.1) is 0 Å². The Bertz CT molecular complexity index is 1040. The van der Waals surface area contributed by atoms with Crippen molar-refractivity contribution in [2.45, 2.75) is 32.7 Å². The van der Waals surface area contributed by atoms with Crippen molar-refractivity contribution < 1.29 is 14.1 Å². The fourth-order valence-corrected chi connectivity index (χ4v) is 2.77. The summed E-state index contributed by atoms with van der Waals surface area (Å²) in [5.74, 6) is 0.593. The molecule has 0 bridgehead atoms. The van der Waals surface area contributed by atoms with Gasteiger partial charge in [-0.25, -0.2) is 0 Å². The monoisotopic (exact) mass is 376 g/mol. The maximum Gasteiger partial charge on any atom is 0.257 e. The molecule has 0 unspecified atom stereocenters. The minimum atomic E-state index is -0.254. The molecular weight excluding hydrogens is 356 g/mol. The average molecular weight is 376 g/mol. The molecule has 28 heavy (non-hydrogen) atoms. The third-order valence-electron chi connectivity index (χ3n) is 4.58. The van der Waals surface area contributed by atoms with Crippen molar-refractivity contribution >= 4 is 17.5 Å². The molecule has 1 aliphatic carbocycles. The number of nitrogens with zero attached hydrogens (tertiary/aromatic N) is 2. The number of aromatic nitrogens is 2. The van der Waals surface area contributed by atoms with Gasteiger partial charge in [0.25, 0.3) is 17.7 Å². The molecule has 0 atom stereocenters. The van der Waals surface area contributed by atoms with Crippen molar-refractivity contribution in [3.63, 3.8) is 0 Å². The zero-order valence-electron chi connectivity index (χ0n) is 15.7. The molecule has 0 saturated heterocycles. The number of benzene rings is 2. The quantitative estimate of drug-likeness (QED) is 0.710. The van der Waals surface area contributed by atoms with Crippen molar-refractivity contribution in [2.75, 3.05) is 5.32 Å². The lowest BCUT2D eigenvalue weighted by Gasteiger charge is -2.10. The van der Waals surface area contributed by atoms with Crippen LogP contribution in [0.4, 0.5) is 5.69 Å². The van der Waals surface area contributed by atoms with E-state index in [2.05, 4.69) is 20.8 Å². The van der Waals surface area contributed by atoms with E-state index in [-0.39, 0.29) is 11.8 Å². The van der Waals surface area contributed by atoms with Gasteiger partial charge in [0, 0.05) is 28.4 Å². The van der Waals surface area contributed by atoms with Crippen LogP contribution in [-0.4, -0.2) is 28.0 Å². The fraction of sp³-hybridized carbons (Fsp3) is 0.238. The molecule has 3 aromatic rings. The van der Waals surface area contributed by atoms with Crippen LogP contribution in [0, 0.1) is 13.8 Å². The minimum absolute atomic E-state index is 0.104. The van der Waals surface area contributed by atoms with Crippen LogP contribution in [-0.2, 0) is 0 Å². The zero-order chi connectivity index (χ0) is 19.7. The Morgan fingerprint density at radius 2 is 1.68 bits per heavy atom. The molecule has 2 aromatic carbocycles. The van der Waals surface area contributed by atoms with Crippen LogP contribution >= 0.6 is 0 Å². The van der Waals surface area contributed by atoms with E-state index in [0.717, 1.165) is 24.0 Å². The summed E-state index contributed by atoms with van der Waals surface area (Å²) in [6, 6.07) is 12.5. The Hall–Kier alpha value is -3.48. The predicted octanol–water partition coefficient (Wildman–Crippen LogP) is 3.50. The van der Waals surface area contributed by atoms with Crippen molar-refractivity contribution in [1.82, 2.24) is 15.5 Å². The molecule has 1 fully saturated rings. The van der Waals surface area contributed by atoms with E-state index in [1.165, 1.54) is 0 Å². The lowest BCUT2D eigenvalue weighted by atomic mass is 10.1. The van der Waals surface area contributed by atoms with Gasteiger partial charge in [-0.3, -0.25) is 9.59 Å². The lowest BCUT2D eigenvalue weighted by Crippen LogP contribution is -2.25. The van der Waals surface area contributed by atoms with Crippen LogP contribution in [0.25, 0.3) is 11.5 Å². The van der Waals surface area contributed by atoms with E-state index in [1.807, 2.05) is 19.1 Å². The molecule has 7 heteroatoms. The summed E-state index contributed by atoms with van der Waals surface area (Å²) in [6.45, 7) is 3.65. The summed E-state index contributed by atoms with van der Waals surface area (Å²) < 4.78 is 5.19. The van der Waals surface area contributed by atoms with Crippen molar-refractivity contribution in [3.05, 3.63) is 65.0 Å². The van der Waals surface area contributed by atoms with Crippen LogP contribution in [0.15, 0.2) is 47.0 Å². The first-order valence-electron chi connectivity index (χ1n) is 9.13. The Labute approximate surface area is 162 Å². The molecule has 142 valence electrons. The number of hydrogen-bond acceptors (Lipinski definition) is 5. The van der Waals surface area contributed by atoms with Gasteiger partial charge in [-0.1, -0.05) is 11.2 Å². The van der Waals surface area contributed by atoms with E-state index >= 15 is 0 Å². The molecule has 2 N–H and O–H groups in total. The second-order valence-electron chi connectivity index (χ2n) is 6.96. The SMILES string of the molecule is Cc1noc(-c2ccc(C)c(NC(=O)c3ccc(C(=O)NC4CC4)cc3)c2)n1. The number of nitrogens with one attached hydrogen (secondary N) is 2. The standard InChI is InChI=1S/C21H20N4O3/c1-12-3-4-16(21-22-13(2)25-28-21)11-18(12)24-20(27)15-7-5-14(6-8-15)19(26)23-17-9-10-17/h3-8,11,17H,9-10H2,1-2H3,(H,23,26)(H,24,27). The van der Waals surface area contributed by atoms with Crippen LogP contribution in [0.5, 0.6) is 0 Å². The van der Waals surface area contributed by atoms with Gasteiger partial charge in [0.05, 0.1) is 0 Å². The molecule has 1 aromatic heterocycles. The maximum absolute atomic E-state index is 12.6. The molecule has 4 rings (SSSR count). The Balaban J connectivity index is 1.49. The molecule has 0 spiro atoms. The number of carbonyl (C=O) groups is 2. The number of rotatable bonds is 5. The molecule has 0 radical (unpaired) electrons. The molecule has 1 aliphatic rings. The van der Waals surface area contributed by atoms with Gasteiger partial charge in [0.1, 0.15) is 0 Å². The number of hydrogen-bond donors (Lipinski definition) is 2. The predicted molar refractivity (Wildman–Crippen MR) is 104 cm³/mol. The number of aryl methyl sites for hydroxylation is 2. The third kappa shape index (κ3) is 3.93. The zero-order valence-corrected chi connectivity index (χ0v) is 15.7. The van der Waals surface area contributed by atoms with Crippen molar-refractivity contribution in [3.8, 4) is 11.5 Å². The molecule has 1 heterocycles. The molecule has 2 amide bonds. The van der Waals surface area contributed by atoms with Gasteiger partial charge in [0.15, 0.2) is 5.82 Å². The number of anilines is 1. The largest absolute Gasteiger partial charge is 0.349 e. The Morgan fingerprint density at radius 3 is 2.29 bits per heavy atom. The van der Waals surface area contributed by atoms with E-state index in [0.29, 0.717) is 34.6 Å². The van der Waals surface area contributed by atoms with E-state index < -0.39 is 0 Å². The smallest absolute Gasteiger partial charge is 0.257 e. The number of amides is 2. The van der Waals surface area contributed by atoms with Gasteiger partial charge in [0.2, 0.25) is 0 Å². The highest BCUT2D eigenvalue weighted by Gasteiger charge is 2.23. The van der Waals surface area contributed by atoms with Gasteiger partial charge >= 0.3 is 0 Å². The summed E-state index contributed by atoms with van der Waals surface area (Å²) in [7, 11) is 0. The molecular formula is C21H20N4O3. The minimum Gasteiger partial charge on any atom is -0.349 e. The van der Waals surface area contributed by atoms with E-state index in [9.17, 15) is 9.59 Å². The van der Waals surface area contributed by atoms with Crippen molar-refractivity contribution in [2.24, 2.45) is 0 Å². The third-order valence-corrected chi connectivity index (χ3v) is 4.58. The van der Waals surface area contributed by atoms with Crippen LogP contribution in [0.2, 0.25) is 0 Å². The number of carbonyl (C=O) groups excluding carboxylic acids is 2. The van der Waals surface area contributed by atoms with Gasteiger partial charge < -0.3 is 15.2 Å².